The molecule has 1 N–H and O–H groups in total. The van der Waals surface area contributed by atoms with Crippen molar-refractivity contribution in [1.29, 1.82) is 0 Å². The van der Waals surface area contributed by atoms with E-state index >= 15 is 0 Å². The summed E-state index contributed by atoms with van der Waals surface area (Å²) in [6.45, 7) is 10.7. The summed E-state index contributed by atoms with van der Waals surface area (Å²) in [6.07, 6.45) is 2.20. The Morgan fingerprint density at radius 1 is 1.21 bits per heavy atom. The second kappa shape index (κ2) is 9.05. The van der Waals surface area contributed by atoms with E-state index in [1.54, 1.807) is 12.1 Å². The van der Waals surface area contributed by atoms with E-state index in [1.165, 1.54) is 12.5 Å². The van der Waals surface area contributed by atoms with E-state index in [4.69, 9.17) is 0 Å². The first-order valence-corrected chi connectivity index (χ1v) is 7.42. The molecule has 0 saturated carbocycles. The number of nitrogens with one attached hydrogen (secondary N) is 1. The fourth-order valence-corrected chi connectivity index (χ4v) is 2.41. The summed E-state index contributed by atoms with van der Waals surface area (Å²) in [5.41, 5.74) is 1.05. The molecule has 19 heavy (non-hydrogen) atoms. The lowest BCUT2D eigenvalue weighted by atomic mass is 10.0. The molecule has 0 spiro atoms. The Kier molecular flexibility index (Phi) is 7.68. The molecule has 0 aliphatic carbocycles. The first-order valence-electron chi connectivity index (χ1n) is 7.42. The summed E-state index contributed by atoms with van der Waals surface area (Å²) >= 11 is 0. The topological polar surface area (TPSA) is 15.3 Å². The fourth-order valence-electron chi connectivity index (χ4n) is 2.41. The van der Waals surface area contributed by atoms with E-state index in [-0.39, 0.29) is 11.9 Å². The van der Waals surface area contributed by atoms with Gasteiger partial charge in [-0.3, -0.25) is 0 Å². The van der Waals surface area contributed by atoms with Crippen LogP contribution in [-0.4, -0.2) is 31.1 Å². The Hall–Kier alpha value is -0.930. The molecule has 1 aromatic rings. The molecular formula is C16H27FN2. The van der Waals surface area contributed by atoms with Crippen LogP contribution in [-0.2, 0) is 0 Å². The quantitative estimate of drug-likeness (QED) is 0.734. The van der Waals surface area contributed by atoms with Crippen molar-refractivity contribution in [3.05, 3.63) is 35.6 Å². The maximum Gasteiger partial charge on any atom is 0.123 e. The van der Waals surface area contributed by atoms with Crippen molar-refractivity contribution in [2.45, 2.75) is 39.7 Å². The minimum absolute atomic E-state index is 0.152. The average Bonchev–Trinajstić information content (AvgIpc) is 2.42. The van der Waals surface area contributed by atoms with Crippen LogP contribution in [0.3, 0.4) is 0 Å². The molecule has 2 nitrogen and oxygen atoms in total. The van der Waals surface area contributed by atoms with E-state index in [0.29, 0.717) is 0 Å². The van der Waals surface area contributed by atoms with Crippen LogP contribution in [0.4, 0.5) is 4.39 Å². The van der Waals surface area contributed by atoms with E-state index < -0.39 is 0 Å². The van der Waals surface area contributed by atoms with Gasteiger partial charge in [-0.1, -0.05) is 32.9 Å². The molecule has 1 unspecified atom stereocenters. The fraction of sp³-hybridized carbons (Fsp3) is 0.625. The SMILES string of the molecule is CCCN(CC)CCC(NCC)c1cccc(F)c1. The summed E-state index contributed by atoms with van der Waals surface area (Å²) in [4.78, 5) is 2.45. The molecule has 0 fully saturated rings. The first-order chi connectivity index (χ1) is 9.21. The minimum Gasteiger partial charge on any atom is -0.310 e. The van der Waals surface area contributed by atoms with Crippen LogP contribution in [0.5, 0.6) is 0 Å². The van der Waals surface area contributed by atoms with Gasteiger partial charge in [-0.15, -0.1) is 0 Å². The van der Waals surface area contributed by atoms with Crippen molar-refractivity contribution in [1.82, 2.24) is 10.2 Å². The molecule has 1 rings (SSSR count). The van der Waals surface area contributed by atoms with E-state index in [2.05, 4.69) is 31.0 Å². The molecule has 0 radical (unpaired) electrons. The van der Waals surface area contributed by atoms with Crippen molar-refractivity contribution < 1.29 is 4.39 Å². The molecule has 0 aliphatic heterocycles. The van der Waals surface area contributed by atoms with Crippen LogP contribution in [0, 0.1) is 5.82 Å². The highest BCUT2D eigenvalue weighted by Crippen LogP contribution is 2.18. The van der Waals surface area contributed by atoms with Crippen LogP contribution in [0.2, 0.25) is 0 Å². The van der Waals surface area contributed by atoms with Crippen molar-refractivity contribution >= 4 is 0 Å². The molecule has 0 amide bonds. The van der Waals surface area contributed by atoms with Gasteiger partial charge in [0.05, 0.1) is 0 Å². The number of hydrogen-bond acceptors (Lipinski definition) is 2. The second-order valence-corrected chi connectivity index (χ2v) is 4.89. The third kappa shape index (κ3) is 5.70. The van der Waals surface area contributed by atoms with Gasteiger partial charge in [-0.05, 0) is 56.7 Å². The molecular weight excluding hydrogens is 239 g/mol. The predicted molar refractivity (Wildman–Crippen MR) is 79.8 cm³/mol. The van der Waals surface area contributed by atoms with Gasteiger partial charge < -0.3 is 10.2 Å². The summed E-state index contributed by atoms with van der Waals surface area (Å²) in [5, 5.41) is 3.45. The normalized spacial score (nSPS) is 12.9. The zero-order valence-corrected chi connectivity index (χ0v) is 12.5. The lowest BCUT2D eigenvalue weighted by molar-refractivity contribution is 0.269. The molecule has 108 valence electrons. The number of hydrogen-bond donors (Lipinski definition) is 1. The number of halogens is 1. The Morgan fingerprint density at radius 3 is 2.58 bits per heavy atom. The molecule has 1 atom stereocenters. The largest absolute Gasteiger partial charge is 0.310 e. The Bertz CT molecular complexity index is 354. The van der Waals surface area contributed by atoms with E-state index in [1.807, 2.05) is 6.07 Å². The monoisotopic (exact) mass is 266 g/mol. The highest BCUT2D eigenvalue weighted by molar-refractivity contribution is 5.20. The van der Waals surface area contributed by atoms with Crippen molar-refractivity contribution in [2.75, 3.05) is 26.2 Å². The van der Waals surface area contributed by atoms with Crippen molar-refractivity contribution in [3.63, 3.8) is 0 Å². The Morgan fingerprint density at radius 2 is 2.00 bits per heavy atom. The Labute approximate surface area is 117 Å². The standard InChI is InChI=1S/C16H27FN2/c1-4-11-19(6-3)12-10-16(18-5-2)14-8-7-9-15(17)13-14/h7-9,13,16,18H,4-6,10-12H2,1-3H3. The maximum absolute atomic E-state index is 13.3. The van der Waals surface area contributed by atoms with Crippen LogP contribution < -0.4 is 5.32 Å². The van der Waals surface area contributed by atoms with Crippen molar-refractivity contribution in [2.24, 2.45) is 0 Å². The minimum atomic E-state index is -0.152. The maximum atomic E-state index is 13.3. The number of benzene rings is 1. The van der Waals surface area contributed by atoms with Gasteiger partial charge >= 0.3 is 0 Å². The number of rotatable bonds is 9. The van der Waals surface area contributed by atoms with Crippen LogP contribution >= 0.6 is 0 Å². The van der Waals surface area contributed by atoms with Gasteiger partial charge in [0, 0.05) is 6.04 Å². The smallest absolute Gasteiger partial charge is 0.123 e. The van der Waals surface area contributed by atoms with Crippen LogP contribution in [0.1, 0.15) is 45.2 Å². The van der Waals surface area contributed by atoms with Gasteiger partial charge in [0.25, 0.3) is 0 Å². The molecule has 0 saturated heterocycles. The number of nitrogens with zero attached hydrogens (tertiary/aromatic N) is 1. The molecule has 3 heteroatoms. The van der Waals surface area contributed by atoms with Gasteiger partial charge in [0.2, 0.25) is 0 Å². The zero-order chi connectivity index (χ0) is 14.1. The van der Waals surface area contributed by atoms with Crippen LogP contribution in [0.25, 0.3) is 0 Å². The lowest BCUT2D eigenvalue weighted by Gasteiger charge is -2.24. The molecule has 0 bridgehead atoms. The van der Waals surface area contributed by atoms with Gasteiger partial charge in [-0.2, -0.15) is 0 Å². The summed E-state index contributed by atoms with van der Waals surface area (Å²) in [5.74, 6) is -0.152. The van der Waals surface area contributed by atoms with Gasteiger partial charge in [0.15, 0.2) is 0 Å². The third-order valence-electron chi connectivity index (χ3n) is 3.42. The molecule has 0 aliphatic rings. The Balaban J connectivity index is 2.62. The third-order valence-corrected chi connectivity index (χ3v) is 3.42. The average molecular weight is 266 g/mol. The summed E-state index contributed by atoms with van der Waals surface area (Å²) < 4.78 is 13.3. The highest BCUT2D eigenvalue weighted by Gasteiger charge is 2.12. The highest BCUT2D eigenvalue weighted by atomic mass is 19.1. The van der Waals surface area contributed by atoms with Crippen LogP contribution in [0.15, 0.2) is 24.3 Å². The summed E-state index contributed by atoms with van der Waals surface area (Å²) in [6, 6.07) is 7.18. The molecule has 0 heterocycles. The van der Waals surface area contributed by atoms with Gasteiger partial charge in [0.1, 0.15) is 5.82 Å². The van der Waals surface area contributed by atoms with Gasteiger partial charge in [-0.25, -0.2) is 4.39 Å². The van der Waals surface area contributed by atoms with E-state index in [0.717, 1.165) is 38.2 Å². The van der Waals surface area contributed by atoms with Crippen molar-refractivity contribution in [3.8, 4) is 0 Å². The van der Waals surface area contributed by atoms with E-state index in [9.17, 15) is 4.39 Å². The first kappa shape index (κ1) is 16.1. The lowest BCUT2D eigenvalue weighted by Crippen LogP contribution is -2.30. The predicted octanol–water partition coefficient (Wildman–Crippen LogP) is 3.60. The zero-order valence-electron chi connectivity index (χ0n) is 12.5. The summed E-state index contributed by atoms with van der Waals surface area (Å²) in [7, 11) is 0. The molecule has 1 aromatic carbocycles. The second-order valence-electron chi connectivity index (χ2n) is 4.89. The molecule has 0 aromatic heterocycles.